The van der Waals surface area contributed by atoms with Crippen LogP contribution in [0.1, 0.15) is 26.0 Å². The van der Waals surface area contributed by atoms with E-state index in [0.29, 0.717) is 0 Å². The number of hydrogen-bond acceptors (Lipinski definition) is 4. The highest BCUT2D eigenvalue weighted by atomic mass is 127. The Morgan fingerprint density at radius 3 is 2.70 bits per heavy atom. The minimum absolute atomic E-state index is 0.721. The molecule has 0 fully saturated rings. The monoisotopic (exact) mass is 446 g/mol. The van der Waals surface area contributed by atoms with E-state index in [1.807, 2.05) is 6.07 Å². The molecule has 0 spiro atoms. The first-order valence-corrected chi connectivity index (χ1v) is 8.44. The summed E-state index contributed by atoms with van der Waals surface area (Å²) in [7, 11) is 0. The second kappa shape index (κ2) is 7.31. The Hall–Kier alpha value is -0.760. The van der Waals surface area contributed by atoms with E-state index < -0.39 is 0 Å². The van der Waals surface area contributed by atoms with Gasteiger partial charge in [0.2, 0.25) is 0 Å². The van der Waals surface area contributed by atoms with Crippen LogP contribution in [-0.4, -0.2) is 21.5 Å². The zero-order valence-corrected chi connectivity index (χ0v) is 15.2. The maximum absolute atomic E-state index is 4.70. The van der Waals surface area contributed by atoms with Gasteiger partial charge in [0.15, 0.2) is 5.82 Å². The first-order chi connectivity index (χ1) is 9.65. The fourth-order valence-corrected chi connectivity index (χ4v) is 2.91. The molecule has 2 rings (SSSR count). The van der Waals surface area contributed by atoms with Crippen LogP contribution in [0, 0.1) is 3.57 Å². The first-order valence-electron chi connectivity index (χ1n) is 6.56. The third-order valence-electron chi connectivity index (χ3n) is 2.71. The molecule has 1 N–H and O–H groups in total. The average molecular weight is 447 g/mol. The summed E-state index contributed by atoms with van der Waals surface area (Å²) in [6, 6.07) is 1.99. The summed E-state index contributed by atoms with van der Waals surface area (Å²) in [5.74, 6) is 1.63. The largest absolute Gasteiger partial charge is 0.369 e. The first kappa shape index (κ1) is 15.6. The fraction of sp³-hybridized carbons (Fsp3) is 0.357. The van der Waals surface area contributed by atoms with Crippen molar-refractivity contribution < 1.29 is 0 Å². The van der Waals surface area contributed by atoms with E-state index in [0.717, 1.165) is 50.3 Å². The Morgan fingerprint density at radius 2 is 2.05 bits per heavy atom. The maximum atomic E-state index is 4.70. The minimum atomic E-state index is 0.721. The van der Waals surface area contributed by atoms with E-state index in [-0.39, 0.29) is 0 Å². The summed E-state index contributed by atoms with van der Waals surface area (Å²) >= 11 is 5.76. The van der Waals surface area contributed by atoms with Crippen molar-refractivity contribution in [2.24, 2.45) is 0 Å². The van der Waals surface area contributed by atoms with E-state index in [1.165, 1.54) is 0 Å². The SMILES string of the molecule is CCCc1nc(-c2cncc(Br)c2)nc(NCC)c1I. The highest BCUT2D eigenvalue weighted by molar-refractivity contribution is 14.1. The van der Waals surface area contributed by atoms with Crippen LogP contribution in [0.3, 0.4) is 0 Å². The van der Waals surface area contributed by atoms with Gasteiger partial charge >= 0.3 is 0 Å². The van der Waals surface area contributed by atoms with Gasteiger partial charge in [-0.1, -0.05) is 13.3 Å². The van der Waals surface area contributed by atoms with Gasteiger partial charge in [-0.15, -0.1) is 0 Å². The lowest BCUT2D eigenvalue weighted by Crippen LogP contribution is -2.08. The molecule has 0 aromatic carbocycles. The van der Waals surface area contributed by atoms with Crippen LogP contribution >= 0.6 is 38.5 Å². The van der Waals surface area contributed by atoms with E-state index in [1.54, 1.807) is 12.4 Å². The van der Waals surface area contributed by atoms with Gasteiger partial charge in [-0.05, 0) is 57.9 Å². The molecular weight excluding hydrogens is 431 g/mol. The van der Waals surface area contributed by atoms with E-state index in [2.05, 4.69) is 67.7 Å². The second-order valence-corrected chi connectivity index (χ2v) is 6.32. The van der Waals surface area contributed by atoms with Crippen molar-refractivity contribution in [1.29, 1.82) is 0 Å². The van der Waals surface area contributed by atoms with Gasteiger partial charge < -0.3 is 5.32 Å². The van der Waals surface area contributed by atoms with Crippen LogP contribution in [0.2, 0.25) is 0 Å². The second-order valence-electron chi connectivity index (χ2n) is 4.33. The number of halogens is 2. The van der Waals surface area contributed by atoms with Crippen LogP contribution in [0.15, 0.2) is 22.9 Å². The van der Waals surface area contributed by atoms with Crippen LogP contribution in [-0.2, 0) is 6.42 Å². The van der Waals surface area contributed by atoms with Crippen molar-refractivity contribution in [2.75, 3.05) is 11.9 Å². The third kappa shape index (κ3) is 3.66. The molecule has 6 heteroatoms. The van der Waals surface area contributed by atoms with Gasteiger partial charge in [0.1, 0.15) is 5.82 Å². The molecule has 0 aliphatic rings. The third-order valence-corrected chi connectivity index (χ3v) is 4.28. The molecule has 0 saturated heterocycles. The van der Waals surface area contributed by atoms with Crippen LogP contribution < -0.4 is 5.32 Å². The quantitative estimate of drug-likeness (QED) is 0.696. The van der Waals surface area contributed by atoms with Crippen molar-refractivity contribution in [1.82, 2.24) is 15.0 Å². The van der Waals surface area contributed by atoms with Gasteiger partial charge in [-0.3, -0.25) is 4.98 Å². The molecule has 0 aliphatic heterocycles. The average Bonchev–Trinajstić information content (AvgIpc) is 2.43. The highest BCUT2D eigenvalue weighted by Gasteiger charge is 2.13. The number of pyridine rings is 1. The van der Waals surface area contributed by atoms with Gasteiger partial charge in [0.25, 0.3) is 0 Å². The van der Waals surface area contributed by atoms with Gasteiger partial charge in [0, 0.05) is 29.0 Å². The molecule has 0 unspecified atom stereocenters. The predicted octanol–water partition coefficient (Wildman–Crippen LogP) is 4.29. The molecule has 0 amide bonds. The van der Waals surface area contributed by atoms with Crippen molar-refractivity contribution in [3.05, 3.63) is 32.2 Å². The molecular formula is C14H16BrIN4. The van der Waals surface area contributed by atoms with E-state index in [9.17, 15) is 0 Å². The minimum Gasteiger partial charge on any atom is -0.369 e. The molecule has 0 aliphatic carbocycles. The predicted molar refractivity (Wildman–Crippen MR) is 93.8 cm³/mol. The van der Waals surface area contributed by atoms with Crippen LogP contribution in [0.5, 0.6) is 0 Å². The molecule has 2 heterocycles. The van der Waals surface area contributed by atoms with E-state index in [4.69, 9.17) is 4.98 Å². The highest BCUT2D eigenvalue weighted by Crippen LogP contribution is 2.25. The van der Waals surface area contributed by atoms with Crippen molar-refractivity contribution in [2.45, 2.75) is 26.7 Å². The van der Waals surface area contributed by atoms with E-state index >= 15 is 0 Å². The molecule has 0 bridgehead atoms. The summed E-state index contributed by atoms with van der Waals surface area (Å²) in [6.07, 6.45) is 5.56. The lowest BCUT2D eigenvalue weighted by Gasteiger charge is -2.12. The molecule has 2 aromatic heterocycles. The number of rotatable bonds is 5. The van der Waals surface area contributed by atoms with Crippen molar-refractivity contribution in [3.63, 3.8) is 0 Å². The number of anilines is 1. The zero-order valence-electron chi connectivity index (χ0n) is 11.5. The lowest BCUT2D eigenvalue weighted by atomic mass is 10.2. The Balaban J connectivity index is 2.52. The number of nitrogens with one attached hydrogen (secondary N) is 1. The van der Waals surface area contributed by atoms with Gasteiger partial charge in [-0.25, -0.2) is 9.97 Å². The molecule has 0 atom stereocenters. The Kier molecular flexibility index (Phi) is 5.71. The summed E-state index contributed by atoms with van der Waals surface area (Å²) in [5.41, 5.74) is 2.02. The van der Waals surface area contributed by atoms with Gasteiger partial charge in [0.05, 0.1) is 9.26 Å². The normalized spacial score (nSPS) is 10.6. The smallest absolute Gasteiger partial charge is 0.163 e. The molecule has 0 radical (unpaired) electrons. The summed E-state index contributed by atoms with van der Waals surface area (Å²) in [6.45, 7) is 5.07. The summed E-state index contributed by atoms with van der Waals surface area (Å²) in [5, 5.41) is 3.31. The number of nitrogens with zero attached hydrogens (tertiary/aromatic N) is 3. The molecule has 2 aromatic rings. The van der Waals surface area contributed by atoms with Gasteiger partial charge in [-0.2, -0.15) is 0 Å². The van der Waals surface area contributed by atoms with Crippen LogP contribution in [0.4, 0.5) is 5.82 Å². The summed E-state index contributed by atoms with van der Waals surface area (Å²) in [4.78, 5) is 13.5. The Bertz CT molecular complexity index is 576. The molecule has 106 valence electrons. The standard InChI is InChI=1S/C14H16BrIN4/c1-3-5-11-12(16)14(18-4-2)20-13(19-11)9-6-10(15)8-17-7-9/h6-8H,3-5H2,1-2H3,(H,18,19,20). The van der Waals surface area contributed by atoms with Crippen LogP contribution in [0.25, 0.3) is 11.4 Å². The Morgan fingerprint density at radius 1 is 1.25 bits per heavy atom. The number of aromatic nitrogens is 3. The topological polar surface area (TPSA) is 50.7 Å². The van der Waals surface area contributed by atoms with Crippen molar-refractivity contribution >= 4 is 44.3 Å². The lowest BCUT2D eigenvalue weighted by molar-refractivity contribution is 0.866. The number of hydrogen-bond donors (Lipinski definition) is 1. The Labute approximate surface area is 141 Å². The fourth-order valence-electron chi connectivity index (χ4n) is 1.84. The molecule has 20 heavy (non-hydrogen) atoms. The summed E-state index contributed by atoms with van der Waals surface area (Å²) < 4.78 is 2.04. The maximum Gasteiger partial charge on any atom is 0.163 e. The zero-order chi connectivity index (χ0) is 14.5. The van der Waals surface area contributed by atoms with Crippen molar-refractivity contribution in [3.8, 4) is 11.4 Å². The molecule has 0 saturated carbocycles. The molecule has 4 nitrogen and oxygen atoms in total. The number of aryl methyl sites for hydroxylation is 1.